The lowest BCUT2D eigenvalue weighted by molar-refractivity contribution is -0.123. The molecule has 2 N–H and O–H groups in total. The third-order valence-electron chi connectivity index (χ3n) is 5.49. The van der Waals surface area contributed by atoms with Crippen LogP contribution < -0.4 is 15.4 Å². The van der Waals surface area contributed by atoms with Gasteiger partial charge >= 0.3 is 5.97 Å². The topological polar surface area (TPSA) is 107 Å². The molecule has 4 rings (SSSR count). The minimum atomic E-state index is -1.10. The molecule has 0 saturated carbocycles. The standard InChI is InChI=1S/C25H24N2O6S/c1-12-14(3)34-24(26-15(4)28)22(12)25(30)32-13(2)23(29)27-18-11-20-17(10-21(18)31-5)16-8-6-7-9-19(16)33-20/h6-11,13H,1-5H3,(H,26,28)(H,27,29). The summed E-state index contributed by atoms with van der Waals surface area (Å²) in [5.41, 5.74) is 2.65. The molecule has 8 nitrogen and oxygen atoms in total. The molecule has 1 atom stereocenters. The van der Waals surface area contributed by atoms with Gasteiger partial charge < -0.3 is 24.5 Å². The molecule has 2 aromatic carbocycles. The number of furan rings is 1. The second-order valence-electron chi connectivity index (χ2n) is 7.85. The quantitative estimate of drug-likeness (QED) is 0.357. The van der Waals surface area contributed by atoms with E-state index in [1.807, 2.05) is 31.2 Å². The molecule has 0 spiro atoms. The van der Waals surface area contributed by atoms with E-state index in [0.29, 0.717) is 27.6 Å². The highest BCUT2D eigenvalue weighted by Gasteiger charge is 2.26. The first-order valence-electron chi connectivity index (χ1n) is 10.6. The Labute approximate surface area is 199 Å². The van der Waals surface area contributed by atoms with E-state index in [2.05, 4.69) is 10.6 Å². The number of fused-ring (bicyclic) bond motifs is 3. The van der Waals surface area contributed by atoms with Gasteiger partial charge in [-0.3, -0.25) is 9.59 Å². The van der Waals surface area contributed by atoms with Crippen molar-refractivity contribution < 1.29 is 28.3 Å². The summed E-state index contributed by atoms with van der Waals surface area (Å²) >= 11 is 1.28. The number of carbonyl (C=O) groups excluding carboxylic acids is 3. The number of ether oxygens (including phenoxy) is 2. The van der Waals surface area contributed by atoms with E-state index in [0.717, 1.165) is 21.2 Å². The molecular formula is C25H24N2O6S. The highest BCUT2D eigenvalue weighted by atomic mass is 32.1. The first-order valence-corrected chi connectivity index (χ1v) is 11.4. The third-order valence-corrected chi connectivity index (χ3v) is 6.61. The molecule has 0 radical (unpaired) electrons. The maximum atomic E-state index is 12.9. The maximum Gasteiger partial charge on any atom is 0.342 e. The zero-order valence-corrected chi connectivity index (χ0v) is 20.2. The molecular weight excluding hydrogens is 456 g/mol. The molecule has 34 heavy (non-hydrogen) atoms. The largest absolute Gasteiger partial charge is 0.495 e. The van der Waals surface area contributed by atoms with Crippen LogP contribution in [-0.4, -0.2) is 31.0 Å². The summed E-state index contributed by atoms with van der Waals surface area (Å²) in [5.74, 6) is -1.07. The molecule has 2 aromatic heterocycles. The number of rotatable bonds is 6. The molecule has 9 heteroatoms. The van der Waals surface area contributed by atoms with Crippen LogP contribution in [0, 0.1) is 13.8 Å². The number of benzene rings is 2. The lowest BCUT2D eigenvalue weighted by Crippen LogP contribution is -2.30. The van der Waals surface area contributed by atoms with Gasteiger partial charge in [-0.2, -0.15) is 0 Å². The van der Waals surface area contributed by atoms with Crippen LogP contribution in [0.5, 0.6) is 5.75 Å². The van der Waals surface area contributed by atoms with Gasteiger partial charge in [-0.05, 0) is 38.5 Å². The summed E-state index contributed by atoms with van der Waals surface area (Å²) in [6.45, 7) is 6.46. The molecule has 0 fully saturated rings. The fourth-order valence-corrected chi connectivity index (χ4v) is 4.74. The van der Waals surface area contributed by atoms with Crippen molar-refractivity contribution in [3.05, 3.63) is 52.4 Å². The van der Waals surface area contributed by atoms with Gasteiger partial charge in [0.15, 0.2) is 6.10 Å². The van der Waals surface area contributed by atoms with E-state index in [1.165, 1.54) is 32.3 Å². The molecule has 0 aliphatic carbocycles. The van der Waals surface area contributed by atoms with Gasteiger partial charge in [-0.15, -0.1) is 11.3 Å². The normalized spacial score (nSPS) is 11.9. The number of amides is 2. The Balaban J connectivity index is 1.55. The molecule has 2 amide bonds. The molecule has 0 bridgehead atoms. The zero-order chi connectivity index (χ0) is 24.6. The van der Waals surface area contributed by atoms with Crippen LogP contribution in [-0.2, 0) is 14.3 Å². The fourth-order valence-electron chi connectivity index (χ4n) is 3.65. The van der Waals surface area contributed by atoms with E-state index < -0.39 is 18.0 Å². The first kappa shape index (κ1) is 23.3. The van der Waals surface area contributed by atoms with E-state index in [-0.39, 0.29) is 11.5 Å². The summed E-state index contributed by atoms with van der Waals surface area (Å²) in [5, 5.41) is 7.60. The summed E-state index contributed by atoms with van der Waals surface area (Å²) < 4.78 is 16.8. The van der Waals surface area contributed by atoms with Crippen LogP contribution in [0.1, 0.15) is 34.6 Å². The summed E-state index contributed by atoms with van der Waals surface area (Å²) in [6, 6.07) is 11.1. The SMILES string of the molecule is COc1cc2c(cc1NC(=O)C(C)OC(=O)c1c(NC(C)=O)sc(C)c1C)oc1ccccc12. The number of carbonyl (C=O) groups is 3. The number of thiophene rings is 1. The maximum absolute atomic E-state index is 12.9. The second kappa shape index (κ2) is 9.18. The van der Waals surface area contributed by atoms with Gasteiger partial charge in [-0.25, -0.2) is 4.79 Å². The Morgan fingerprint density at radius 2 is 1.76 bits per heavy atom. The van der Waals surface area contributed by atoms with E-state index in [9.17, 15) is 14.4 Å². The highest BCUT2D eigenvalue weighted by molar-refractivity contribution is 7.16. The van der Waals surface area contributed by atoms with Gasteiger partial charge in [0.1, 0.15) is 21.9 Å². The number of esters is 1. The minimum absolute atomic E-state index is 0.249. The number of anilines is 2. The Bertz CT molecular complexity index is 1430. The van der Waals surface area contributed by atoms with Crippen molar-refractivity contribution in [2.75, 3.05) is 17.7 Å². The van der Waals surface area contributed by atoms with E-state index in [1.54, 1.807) is 19.1 Å². The average molecular weight is 481 g/mol. The lowest BCUT2D eigenvalue weighted by atomic mass is 10.1. The van der Waals surface area contributed by atoms with Gasteiger partial charge in [-0.1, -0.05) is 18.2 Å². The van der Waals surface area contributed by atoms with Crippen molar-refractivity contribution in [1.29, 1.82) is 0 Å². The lowest BCUT2D eigenvalue weighted by Gasteiger charge is -2.16. The predicted molar refractivity (Wildman–Crippen MR) is 132 cm³/mol. The number of para-hydroxylation sites is 1. The van der Waals surface area contributed by atoms with Crippen LogP contribution >= 0.6 is 11.3 Å². The fraction of sp³-hybridized carbons (Fsp3) is 0.240. The van der Waals surface area contributed by atoms with Crippen LogP contribution in [0.2, 0.25) is 0 Å². The Hall–Kier alpha value is -3.85. The Kier molecular flexibility index (Phi) is 6.30. The summed E-state index contributed by atoms with van der Waals surface area (Å²) in [4.78, 5) is 38.1. The molecule has 4 aromatic rings. The molecule has 0 aliphatic rings. The van der Waals surface area contributed by atoms with Gasteiger partial charge in [0.05, 0.1) is 18.4 Å². The monoisotopic (exact) mass is 480 g/mol. The van der Waals surface area contributed by atoms with E-state index >= 15 is 0 Å². The van der Waals surface area contributed by atoms with Crippen LogP contribution in [0.25, 0.3) is 21.9 Å². The number of methoxy groups -OCH3 is 1. The number of hydrogen-bond acceptors (Lipinski definition) is 7. The molecule has 1 unspecified atom stereocenters. The number of hydrogen-bond donors (Lipinski definition) is 2. The van der Waals surface area contributed by atoms with Crippen molar-refractivity contribution in [2.45, 2.75) is 33.8 Å². The summed E-state index contributed by atoms with van der Waals surface area (Å²) in [6.07, 6.45) is -1.10. The number of aryl methyl sites for hydroxylation is 1. The van der Waals surface area contributed by atoms with Gasteiger partial charge in [0, 0.05) is 28.6 Å². The minimum Gasteiger partial charge on any atom is -0.495 e. The Morgan fingerprint density at radius 1 is 1.03 bits per heavy atom. The zero-order valence-electron chi connectivity index (χ0n) is 19.4. The highest BCUT2D eigenvalue weighted by Crippen LogP contribution is 2.37. The van der Waals surface area contributed by atoms with Crippen molar-refractivity contribution in [1.82, 2.24) is 0 Å². The van der Waals surface area contributed by atoms with E-state index in [4.69, 9.17) is 13.9 Å². The van der Waals surface area contributed by atoms with Crippen LogP contribution in [0.3, 0.4) is 0 Å². The molecule has 0 saturated heterocycles. The third kappa shape index (κ3) is 4.34. The average Bonchev–Trinajstić information content (AvgIpc) is 3.28. The Morgan fingerprint density at radius 3 is 2.47 bits per heavy atom. The van der Waals surface area contributed by atoms with Crippen molar-refractivity contribution in [3.8, 4) is 5.75 Å². The predicted octanol–water partition coefficient (Wildman–Crippen LogP) is 5.42. The van der Waals surface area contributed by atoms with Gasteiger partial charge in [0.2, 0.25) is 5.91 Å². The van der Waals surface area contributed by atoms with Crippen molar-refractivity contribution in [3.63, 3.8) is 0 Å². The van der Waals surface area contributed by atoms with Crippen molar-refractivity contribution in [2.24, 2.45) is 0 Å². The second-order valence-corrected chi connectivity index (χ2v) is 9.08. The van der Waals surface area contributed by atoms with Crippen molar-refractivity contribution >= 4 is 61.7 Å². The van der Waals surface area contributed by atoms with Gasteiger partial charge in [0.25, 0.3) is 5.91 Å². The number of nitrogens with one attached hydrogen (secondary N) is 2. The molecule has 176 valence electrons. The smallest absolute Gasteiger partial charge is 0.342 e. The molecule has 2 heterocycles. The van der Waals surface area contributed by atoms with Crippen LogP contribution in [0.15, 0.2) is 40.8 Å². The molecule has 0 aliphatic heterocycles. The summed E-state index contributed by atoms with van der Waals surface area (Å²) in [7, 11) is 1.51. The van der Waals surface area contributed by atoms with Crippen LogP contribution in [0.4, 0.5) is 10.7 Å². The first-order chi connectivity index (χ1) is 16.2.